The average molecular weight is 337 g/mol. The van der Waals surface area contributed by atoms with Crippen LogP contribution >= 0.6 is 0 Å². The molecule has 2 aliphatic carbocycles. The molecule has 2 saturated carbocycles. The van der Waals surface area contributed by atoms with Gasteiger partial charge in [0, 0.05) is 25.1 Å². The summed E-state index contributed by atoms with van der Waals surface area (Å²) >= 11 is 0. The first kappa shape index (κ1) is 16.1. The van der Waals surface area contributed by atoms with Crippen molar-refractivity contribution < 1.29 is 4.79 Å². The van der Waals surface area contributed by atoms with E-state index in [1.54, 1.807) is 0 Å². The Balaban J connectivity index is 1.59. The van der Waals surface area contributed by atoms with Gasteiger partial charge in [-0.05, 0) is 37.2 Å². The molecular formula is C20H23N3O2. The number of hydrogen-bond donors (Lipinski definition) is 1. The lowest BCUT2D eigenvalue weighted by molar-refractivity contribution is 0.0673. The van der Waals surface area contributed by atoms with Crippen molar-refractivity contribution >= 4 is 5.91 Å². The predicted octanol–water partition coefficient (Wildman–Crippen LogP) is 3.09. The lowest BCUT2D eigenvalue weighted by Crippen LogP contribution is -2.38. The van der Waals surface area contributed by atoms with Gasteiger partial charge < -0.3 is 9.88 Å². The van der Waals surface area contributed by atoms with Gasteiger partial charge in [0.25, 0.3) is 11.5 Å². The van der Waals surface area contributed by atoms with Crippen LogP contribution in [0.15, 0.2) is 41.2 Å². The van der Waals surface area contributed by atoms with E-state index >= 15 is 0 Å². The fourth-order valence-electron chi connectivity index (χ4n) is 3.31. The molecule has 0 spiro atoms. The maximum absolute atomic E-state index is 13.1. The second-order valence-electron chi connectivity index (χ2n) is 7.26. The third-order valence-corrected chi connectivity index (χ3v) is 5.15. The number of rotatable bonds is 6. The van der Waals surface area contributed by atoms with E-state index in [2.05, 4.69) is 9.97 Å². The highest BCUT2D eigenvalue weighted by Gasteiger charge is 2.29. The standard InChI is InChI=1S/C20H23N3O2/c24-18-11-17(21-19(22-18)16-9-10-16)20(25)23(13-15-7-4-8-15)12-14-5-2-1-3-6-14/h1-3,5-6,11,15-16H,4,7-10,12-13H2,(H,21,22,24). The minimum absolute atomic E-state index is 0.135. The number of amides is 1. The van der Waals surface area contributed by atoms with Gasteiger partial charge in [-0.3, -0.25) is 9.59 Å². The van der Waals surface area contributed by atoms with Crippen LogP contribution in [0.3, 0.4) is 0 Å². The number of aromatic amines is 1. The number of carbonyl (C=O) groups is 1. The van der Waals surface area contributed by atoms with Gasteiger partial charge >= 0.3 is 0 Å². The minimum Gasteiger partial charge on any atom is -0.333 e. The van der Waals surface area contributed by atoms with Crippen LogP contribution in [-0.2, 0) is 6.54 Å². The second kappa shape index (κ2) is 6.82. The van der Waals surface area contributed by atoms with Crippen LogP contribution in [0.25, 0.3) is 0 Å². The molecule has 2 aliphatic rings. The summed E-state index contributed by atoms with van der Waals surface area (Å²) in [5, 5.41) is 0. The van der Waals surface area contributed by atoms with Crippen molar-refractivity contribution in [2.45, 2.75) is 44.6 Å². The molecule has 5 nitrogen and oxygen atoms in total. The quantitative estimate of drug-likeness (QED) is 0.881. The molecule has 0 aliphatic heterocycles. The van der Waals surface area contributed by atoms with Crippen LogP contribution in [0.4, 0.5) is 0 Å². The molecule has 0 bridgehead atoms. The number of carbonyl (C=O) groups excluding carboxylic acids is 1. The maximum Gasteiger partial charge on any atom is 0.273 e. The van der Waals surface area contributed by atoms with Gasteiger partial charge in [-0.25, -0.2) is 4.98 Å². The Hall–Kier alpha value is -2.43. The fourth-order valence-corrected chi connectivity index (χ4v) is 3.31. The molecule has 2 fully saturated rings. The summed E-state index contributed by atoms with van der Waals surface area (Å²) in [5.41, 5.74) is 1.15. The van der Waals surface area contributed by atoms with Gasteiger partial charge in [0.05, 0.1) is 0 Å². The number of nitrogens with one attached hydrogen (secondary N) is 1. The molecule has 1 heterocycles. The van der Waals surface area contributed by atoms with Crippen LogP contribution < -0.4 is 5.56 Å². The summed E-state index contributed by atoms with van der Waals surface area (Å²) in [6.45, 7) is 1.30. The molecule has 4 rings (SSSR count). The number of H-pyrrole nitrogens is 1. The highest BCUT2D eigenvalue weighted by molar-refractivity contribution is 5.92. The second-order valence-corrected chi connectivity index (χ2v) is 7.26. The summed E-state index contributed by atoms with van der Waals surface area (Å²) in [5.74, 6) is 1.41. The van der Waals surface area contributed by atoms with Gasteiger partial charge in [-0.2, -0.15) is 0 Å². The van der Waals surface area contributed by atoms with Crippen molar-refractivity contribution in [3.63, 3.8) is 0 Å². The summed E-state index contributed by atoms with van der Waals surface area (Å²) in [7, 11) is 0. The smallest absolute Gasteiger partial charge is 0.273 e. The van der Waals surface area contributed by atoms with E-state index in [4.69, 9.17) is 0 Å². The van der Waals surface area contributed by atoms with Crippen molar-refractivity contribution in [1.29, 1.82) is 0 Å². The minimum atomic E-state index is -0.233. The molecule has 5 heteroatoms. The Morgan fingerprint density at radius 3 is 2.56 bits per heavy atom. The lowest BCUT2D eigenvalue weighted by Gasteiger charge is -2.32. The molecule has 0 radical (unpaired) electrons. The molecule has 1 aromatic carbocycles. The van der Waals surface area contributed by atoms with Gasteiger partial charge in [-0.1, -0.05) is 36.8 Å². The largest absolute Gasteiger partial charge is 0.333 e. The summed E-state index contributed by atoms with van der Waals surface area (Å²) in [4.78, 5) is 34.1. The zero-order valence-electron chi connectivity index (χ0n) is 14.3. The number of benzene rings is 1. The fraction of sp³-hybridized carbons (Fsp3) is 0.450. The number of nitrogens with zero attached hydrogens (tertiary/aromatic N) is 2. The molecular weight excluding hydrogens is 314 g/mol. The Kier molecular flexibility index (Phi) is 4.38. The summed E-state index contributed by atoms with van der Waals surface area (Å²) in [6, 6.07) is 11.3. The molecule has 1 aromatic heterocycles. The molecule has 0 saturated heterocycles. The zero-order valence-corrected chi connectivity index (χ0v) is 14.3. The number of hydrogen-bond acceptors (Lipinski definition) is 3. The zero-order chi connectivity index (χ0) is 17.2. The van der Waals surface area contributed by atoms with Gasteiger partial charge in [0.1, 0.15) is 11.5 Å². The Labute approximate surface area is 147 Å². The van der Waals surface area contributed by atoms with Crippen molar-refractivity contribution in [3.05, 3.63) is 63.8 Å². The predicted molar refractivity (Wildman–Crippen MR) is 95.4 cm³/mol. The van der Waals surface area contributed by atoms with Crippen LogP contribution in [0.2, 0.25) is 0 Å². The average Bonchev–Trinajstić information content (AvgIpc) is 3.41. The molecule has 0 atom stereocenters. The van der Waals surface area contributed by atoms with Crippen LogP contribution in [0, 0.1) is 5.92 Å². The first-order valence-electron chi connectivity index (χ1n) is 9.13. The van der Waals surface area contributed by atoms with Crippen molar-refractivity contribution in [3.8, 4) is 0 Å². The summed E-state index contributed by atoms with van der Waals surface area (Å²) < 4.78 is 0. The normalized spacial score (nSPS) is 17.1. The van der Waals surface area contributed by atoms with E-state index in [1.807, 2.05) is 35.2 Å². The highest BCUT2D eigenvalue weighted by atomic mass is 16.2. The van der Waals surface area contributed by atoms with E-state index in [-0.39, 0.29) is 17.2 Å². The molecule has 1 N–H and O–H groups in total. The van der Waals surface area contributed by atoms with Crippen molar-refractivity contribution in [2.75, 3.05) is 6.54 Å². The van der Waals surface area contributed by atoms with Crippen LogP contribution in [0.1, 0.15) is 59.9 Å². The highest BCUT2D eigenvalue weighted by Crippen LogP contribution is 2.37. The number of aromatic nitrogens is 2. The molecule has 130 valence electrons. The van der Waals surface area contributed by atoms with E-state index in [0.29, 0.717) is 24.2 Å². The first-order chi connectivity index (χ1) is 12.2. The van der Waals surface area contributed by atoms with Gasteiger partial charge in [0.2, 0.25) is 0 Å². The Morgan fingerprint density at radius 2 is 1.92 bits per heavy atom. The van der Waals surface area contributed by atoms with E-state index < -0.39 is 0 Å². The summed E-state index contributed by atoms with van der Waals surface area (Å²) in [6.07, 6.45) is 5.67. The monoisotopic (exact) mass is 337 g/mol. The van der Waals surface area contributed by atoms with Gasteiger partial charge in [0.15, 0.2) is 0 Å². The lowest BCUT2D eigenvalue weighted by atomic mass is 9.85. The van der Waals surface area contributed by atoms with E-state index in [1.165, 1.54) is 25.3 Å². The van der Waals surface area contributed by atoms with Gasteiger partial charge in [-0.15, -0.1) is 0 Å². The van der Waals surface area contributed by atoms with E-state index in [9.17, 15) is 9.59 Å². The maximum atomic E-state index is 13.1. The van der Waals surface area contributed by atoms with Crippen LogP contribution in [0.5, 0.6) is 0 Å². The van der Waals surface area contributed by atoms with Crippen molar-refractivity contribution in [1.82, 2.24) is 14.9 Å². The Morgan fingerprint density at radius 1 is 1.16 bits per heavy atom. The first-order valence-corrected chi connectivity index (χ1v) is 9.13. The third kappa shape index (κ3) is 3.81. The van der Waals surface area contributed by atoms with Crippen molar-refractivity contribution in [2.24, 2.45) is 5.92 Å². The molecule has 0 unspecified atom stereocenters. The van der Waals surface area contributed by atoms with E-state index in [0.717, 1.165) is 24.9 Å². The van der Waals surface area contributed by atoms with Crippen LogP contribution in [-0.4, -0.2) is 27.3 Å². The topological polar surface area (TPSA) is 66.1 Å². The molecule has 1 amide bonds. The Bertz CT molecular complexity index is 807. The SMILES string of the molecule is O=C(c1cc(=O)[nH]c(C2CC2)n1)N(Cc1ccccc1)CC1CCC1. The molecule has 2 aromatic rings. The third-order valence-electron chi connectivity index (χ3n) is 5.15. The molecule has 25 heavy (non-hydrogen) atoms.